The Morgan fingerprint density at radius 3 is 2.93 bits per heavy atom. The van der Waals surface area contributed by atoms with Gasteiger partial charge in [-0.3, -0.25) is 0 Å². The van der Waals surface area contributed by atoms with E-state index in [9.17, 15) is 0 Å². The number of ether oxygens (including phenoxy) is 2. The number of nitrogens with one attached hydrogen (secondary N) is 1. The Hall–Kier alpha value is -0.870. The van der Waals surface area contributed by atoms with Crippen molar-refractivity contribution in [3.8, 4) is 0 Å². The van der Waals surface area contributed by atoms with Gasteiger partial charge >= 0.3 is 0 Å². The van der Waals surface area contributed by atoms with Crippen molar-refractivity contribution in [2.24, 2.45) is 0 Å². The molecule has 1 rings (SSSR count). The number of hydrogen-bond donors (Lipinski definition) is 1. The molecule has 0 radical (unpaired) electrons. The SMILES string of the molecule is COCCOCCCCc1ncc[nH]1. The molecule has 80 valence electrons. The van der Waals surface area contributed by atoms with E-state index in [-0.39, 0.29) is 0 Å². The second-order valence-corrected chi connectivity index (χ2v) is 3.10. The first kappa shape index (κ1) is 11.2. The van der Waals surface area contributed by atoms with Gasteiger partial charge in [0.05, 0.1) is 13.2 Å². The predicted octanol–water partition coefficient (Wildman–Crippen LogP) is 1.40. The molecule has 0 saturated carbocycles. The molecule has 0 fully saturated rings. The van der Waals surface area contributed by atoms with Gasteiger partial charge in [-0.25, -0.2) is 4.98 Å². The molecule has 4 nitrogen and oxygen atoms in total. The topological polar surface area (TPSA) is 47.1 Å². The molecule has 0 unspecified atom stereocenters. The summed E-state index contributed by atoms with van der Waals surface area (Å²) in [4.78, 5) is 7.22. The monoisotopic (exact) mass is 198 g/mol. The fourth-order valence-electron chi connectivity index (χ4n) is 1.18. The molecule has 0 aliphatic rings. The number of imidazole rings is 1. The fraction of sp³-hybridized carbons (Fsp3) is 0.700. The molecule has 1 N–H and O–H groups in total. The van der Waals surface area contributed by atoms with Crippen molar-refractivity contribution in [1.82, 2.24) is 9.97 Å². The highest BCUT2D eigenvalue weighted by Gasteiger charge is 1.94. The normalized spacial score (nSPS) is 10.6. The van der Waals surface area contributed by atoms with Crippen molar-refractivity contribution in [2.45, 2.75) is 19.3 Å². The summed E-state index contributed by atoms with van der Waals surface area (Å²) in [5.74, 6) is 1.06. The zero-order valence-corrected chi connectivity index (χ0v) is 8.66. The van der Waals surface area contributed by atoms with Gasteiger partial charge in [0.15, 0.2) is 0 Å². The molecule has 0 atom stereocenters. The van der Waals surface area contributed by atoms with Gasteiger partial charge < -0.3 is 14.5 Å². The quantitative estimate of drug-likeness (QED) is 0.642. The van der Waals surface area contributed by atoms with E-state index in [2.05, 4.69) is 9.97 Å². The molecule has 1 heterocycles. The average Bonchev–Trinajstić information content (AvgIpc) is 2.69. The van der Waals surface area contributed by atoms with E-state index in [1.807, 2.05) is 6.20 Å². The largest absolute Gasteiger partial charge is 0.382 e. The number of aryl methyl sites for hydroxylation is 1. The number of aromatic amines is 1. The smallest absolute Gasteiger partial charge is 0.105 e. The van der Waals surface area contributed by atoms with E-state index in [1.54, 1.807) is 13.3 Å². The van der Waals surface area contributed by atoms with Crippen LogP contribution in [0.1, 0.15) is 18.7 Å². The number of H-pyrrole nitrogens is 1. The Balaban J connectivity index is 1.85. The summed E-state index contributed by atoms with van der Waals surface area (Å²) in [6.45, 7) is 2.18. The van der Waals surface area contributed by atoms with E-state index in [0.29, 0.717) is 13.2 Å². The Morgan fingerprint density at radius 2 is 2.21 bits per heavy atom. The summed E-state index contributed by atoms with van der Waals surface area (Å²) in [7, 11) is 1.68. The Morgan fingerprint density at radius 1 is 1.29 bits per heavy atom. The summed E-state index contributed by atoms with van der Waals surface area (Å²) in [6, 6.07) is 0. The number of nitrogens with zero attached hydrogens (tertiary/aromatic N) is 1. The van der Waals surface area contributed by atoms with Crippen molar-refractivity contribution in [1.29, 1.82) is 0 Å². The minimum Gasteiger partial charge on any atom is -0.382 e. The second kappa shape index (κ2) is 7.53. The molecule has 0 bridgehead atoms. The summed E-state index contributed by atoms with van der Waals surface area (Å²) in [6.07, 6.45) is 6.82. The molecule has 14 heavy (non-hydrogen) atoms. The van der Waals surface area contributed by atoms with E-state index >= 15 is 0 Å². The maximum absolute atomic E-state index is 5.34. The number of hydrogen-bond acceptors (Lipinski definition) is 3. The zero-order valence-electron chi connectivity index (χ0n) is 8.66. The van der Waals surface area contributed by atoms with Crippen LogP contribution in [-0.2, 0) is 15.9 Å². The van der Waals surface area contributed by atoms with Crippen LogP contribution in [0.4, 0.5) is 0 Å². The van der Waals surface area contributed by atoms with Gasteiger partial charge in [0.25, 0.3) is 0 Å². The van der Waals surface area contributed by atoms with Crippen LogP contribution in [0, 0.1) is 0 Å². The van der Waals surface area contributed by atoms with Crippen LogP contribution in [0.2, 0.25) is 0 Å². The third kappa shape index (κ3) is 4.99. The van der Waals surface area contributed by atoms with Gasteiger partial charge in [-0.1, -0.05) is 0 Å². The molecule has 0 saturated heterocycles. The van der Waals surface area contributed by atoms with Gasteiger partial charge in [-0.15, -0.1) is 0 Å². The van der Waals surface area contributed by atoms with Crippen molar-refractivity contribution in [3.63, 3.8) is 0 Å². The molecule has 1 aromatic heterocycles. The zero-order chi connectivity index (χ0) is 10.1. The maximum Gasteiger partial charge on any atom is 0.105 e. The van der Waals surface area contributed by atoms with Crippen LogP contribution in [0.15, 0.2) is 12.4 Å². The highest BCUT2D eigenvalue weighted by Crippen LogP contribution is 1.98. The lowest BCUT2D eigenvalue weighted by atomic mass is 10.2. The summed E-state index contributed by atoms with van der Waals surface area (Å²) >= 11 is 0. The maximum atomic E-state index is 5.34. The number of rotatable bonds is 8. The van der Waals surface area contributed by atoms with Crippen LogP contribution in [-0.4, -0.2) is 36.9 Å². The van der Waals surface area contributed by atoms with Crippen LogP contribution in [0.3, 0.4) is 0 Å². The van der Waals surface area contributed by atoms with E-state index in [0.717, 1.165) is 31.7 Å². The molecule has 0 aromatic carbocycles. The van der Waals surface area contributed by atoms with Crippen molar-refractivity contribution < 1.29 is 9.47 Å². The van der Waals surface area contributed by atoms with E-state index < -0.39 is 0 Å². The first-order valence-corrected chi connectivity index (χ1v) is 4.98. The minimum absolute atomic E-state index is 0.679. The van der Waals surface area contributed by atoms with Gasteiger partial charge in [0.2, 0.25) is 0 Å². The van der Waals surface area contributed by atoms with Gasteiger partial charge in [0.1, 0.15) is 5.82 Å². The highest BCUT2D eigenvalue weighted by molar-refractivity contribution is 4.86. The molecular formula is C10H18N2O2. The average molecular weight is 198 g/mol. The van der Waals surface area contributed by atoms with Gasteiger partial charge in [-0.2, -0.15) is 0 Å². The number of unbranched alkanes of at least 4 members (excludes halogenated alkanes) is 1. The van der Waals surface area contributed by atoms with Crippen LogP contribution in [0.5, 0.6) is 0 Å². The second-order valence-electron chi connectivity index (χ2n) is 3.10. The van der Waals surface area contributed by atoms with Crippen molar-refractivity contribution in [3.05, 3.63) is 18.2 Å². The Labute approximate surface area is 84.6 Å². The summed E-state index contributed by atoms with van der Waals surface area (Å²) in [5, 5.41) is 0. The molecule has 0 spiro atoms. The lowest BCUT2D eigenvalue weighted by Crippen LogP contribution is -2.03. The van der Waals surface area contributed by atoms with Gasteiger partial charge in [0, 0.05) is 32.5 Å². The molecule has 1 aromatic rings. The summed E-state index contributed by atoms with van der Waals surface area (Å²) in [5.41, 5.74) is 0. The molecule has 0 aliphatic carbocycles. The molecule has 0 aliphatic heterocycles. The van der Waals surface area contributed by atoms with Crippen molar-refractivity contribution >= 4 is 0 Å². The predicted molar refractivity (Wildman–Crippen MR) is 54.2 cm³/mol. The van der Waals surface area contributed by atoms with Crippen molar-refractivity contribution in [2.75, 3.05) is 26.9 Å². The first-order chi connectivity index (χ1) is 6.93. The standard InChI is InChI=1S/C10H18N2O2/c1-13-8-9-14-7-3-2-4-10-11-5-6-12-10/h5-6H,2-4,7-9H2,1H3,(H,11,12). The first-order valence-electron chi connectivity index (χ1n) is 4.98. The summed E-state index contributed by atoms with van der Waals surface area (Å²) < 4.78 is 10.2. The molecular weight excluding hydrogens is 180 g/mol. The van der Waals surface area contributed by atoms with Gasteiger partial charge in [-0.05, 0) is 12.8 Å². The van der Waals surface area contributed by atoms with Crippen LogP contribution < -0.4 is 0 Å². The number of methoxy groups -OCH3 is 1. The highest BCUT2D eigenvalue weighted by atomic mass is 16.5. The lowest BCUT2D eigenvalue weighted by molar-refractivity contribution is 0.0688. The van der Waals surface area contributed by atoms with E-state index in [1.165, 1.54) is 0 Å². The molecule has 4 heteroatoms. The third-order valence-electron chi connectivity index (χ3n) is 1.94. The molecule has 0 amide bonds. The number of aromatic nitrogens is 2. The lowest BCUT2D eigenvalue weighted by Gasteiger charge is -2.02. The fourth-order valence-corrected chi connectivity index (χ4v) is 1.18. The Bertz CT molecular complexity index is 212. The third-order valence-corrected chi connectivity index (χ3v) is 1.94. The van der Waals surface area contributed by atoms with Crippen LogP contribution >= 0.6 is 0 Å². The Kier molecular flexibility index (Phi) is 6.02. The van der Waals surface area contributed by atoms with E-state index in [4.69, 9.17) is 9.47 Å². The minimum atomic E-state index is 0.679. The van der Waals surface area contributed by atoms with Crippen LogP contribution in [0.25, 0.3) is 0 Å².